The fourth-order valence-corrected chi connectivity index (χ4v) is 4.44. The van der Waals surface area contributed by atoms with Crippen molar-refractivity contribution in [3.05, 3.63) is 98.9 Å². The van der Waals surface area contributed by atoms with Crippen LogP contribution in [-0.4, -0.2) is 52.8 Å². The topological polar surface area (TPSA) is 73.5 Å². The average molecular weight is 468 g/mol. The van der Waals surface area contributed by atoms with Gasteiger partial charge in [0.05, 0.1) is 5.56 Å². The number of carbonyl (C=O) groups is 2. The first-order valence-electron chi connectivity index (χ1n) is 10.2. The molecule has 0 spiro atoms. The first-order valence-corrected chi connectivity index (χ1v) is 11.6. The molecule has 6 nitrogen and oxygen atoms in total. The molecule has 0 aliphatic carbocycles. The number of rotatable bonds is 5. The molecule has 2 amide bonds. The molecule has 1 aliphatic heterocycles. The van der Waals surface area contributed by atoms with Gasteiger partial charge >= 0.3 is 0 Å². The number of halogens is 1. The van der Waals surface area contributed by atoms with E-state index in [0.29, 0.717) is 37.3 Å². The van der Waals surface area contributed by atoms with E-state index >= 15 is 0 Å². The Morgan fingerprint density at radius 1 is 0.812 bits per heavy atom. The number of nitrogens with zero attached hydrogens (tertiary/aromatic N) is 2. The number of nitrogens with one attached hydrogen (secondary N) is 1. The van der Waals surface area contributed by atoms with Crippen LogP contribution in [0.15, 0.2) is 76.6 Å². The van der Waals surface area contributed by atoms with E-state index in [-0.39, 0.29) is 17.4 Å². The number of hydrogen-bond acceptors (Lipinski definition) is 4. The summed E-state index contributed by atoms with van der Waals surface area (Å²) in [5, 5.41) is 0.721. The number of H-pyrrole nitrogens is 1. The van der Waals surface area contributed by atoms with Gasteiger partial charge in [-0.2, -0.15) is 0 Å². The van der Waals surface area contributed by atoms with E-state index in [0.717, 1.165) is 21.2 Å². The molecule has 1 aliphatic rings. The summed E-state index contributed by atoms with van der Waals surface area (Å²) < 4.78 is 0. The van der Waals surface area contributed by atoms with E-state index in [1.54, 1.807) is 21.6 Å². The first kappa shape index (κ1) is 22.2. The van der Waals surface area contributed by atoms with Crippen molar-refractivity contribution >= 4 is 35.2 Å². The molecule has 8 heteroatoms. The molecule has 0 radical (unpaired) electrons. The number of aromatic amines is 1. The molecule has 2 heterocycles. The molecule has 0 unspecified atom stereocenters. The minimum atomic E-state index is -0.244. The maximum absolute atomic E-state index is 12.9. The number of thioether (sulfide) groups is 1. The molecular formula is C24H22ClN3O3S. The second-order valence-corrected chi connectivity index (χ2v) is 8.95. The Morgan fingerprint density at radius 3 is 1.94 bits per heavy atom. The van der Waals surface area contributed by atoms with Gasteiger partial charge in [0.1, 0.15) is 0 Å². The third-order valence-electron chi connectivity index (χ3n) is 5.31. The molecule has 0 bridgehead atoms. The summed E-state index contributed by atoms with van der Waals surface area (Å²) in [5.41, 5.74) is 1.98. The number of hydrogen-bond donors (Lipinski definition) is 1. The normalized spacial score (nSPS) is 13.8. The lowest BCUT2D eigenvalue weighted by Crippen LogP contribution is -2.50. The van der Waals surface area contributed by atoms with Crippen LogP contribution in [0.1, 0.15) is 26.3 Å². The van der Waals surface area contributed by atoms with Crippen molar-refractivity contribution in [2.24, 2.45) is 0 Å². The van der Waals surface area contributed by atoms with Gasteiger partial charge in [0.2, 0.25) is 5.56 Å². The molecule has 1 aromatic heterocycles. The van der Waals surface area contributed by atoms with E-state index in [1.807, 2.05) is 48.5 Å². The van der Waals surface area contributed by atoms with Crippen LogP contribution >= 0.6 is 23.4 Å². The van der Waals surface area contributed by atoms with Crippen molar-refractivity contribution in [1.82, 2.24) is 14.8 Å². The largest absolute Gasteiger partial charge is 0.335 e. The second kappa shape index (κ2) is 10.1. The number of pyridine rings is 1. The number of amides is 2. The van der Waals surface area contributed by atoms with Gasteiger partial charge in [0.25, 0.3) is 11.8 Å². The third kappa shape index (κ3) is 5.41. The highest BCUT2D eigenvalue weighted by Gasteiger charge is 2.25. The van der Waals surface area contributed by atoms with Gasteiger partial charge in [0.15, 0.2) is 0 Å². The maximum atomic E-state index is 12.9. The predicted molar refractivity (Wildman–Crippen MR) is 126 cm³/mol. The smallest absolute Gasteiger partial charge is 0.255 e. The van der Waals surface area contributed by atoms with Crippen LogP contribution in [0.25, 0.3) is 0 Å². The van der Waals surface area contributed by atoms with Gasteiger partial charge in [-0.1, -0.05) is 23.7 Å². The zero-order valence-electron chi connectivity index (χ0n) is 17.3. The fourth-order valence-electron chi connectivity index (χ4n) is 3.46. The number of aromatic nitrogens is 1. The van der Waals surface area contributed by atoms with Crippen molar-refractivity contribution < 1.29 is 9.59 Å². The molecule has 1 fully saturated rings. The Bertz CT molecular complexity index is 1130. The van der Waals surface area contributed by atoms with Crippen molar-refractivity contribution in [1.29, 1.82) is 0 Å². The van der Waals surface area contributed by atoms with Crippen LogP contribution in [0.2, 0.25) is 5.02 Å². The highest BCUT2D eigenvalue weighted by atomic mass is 35.5. The summed E-state index contributed by atoms with van der Waals surface area (Å²) in [7, 11) is 0. The quantitative estimate of drug-likeness (QED) is 0.577. The van der Waals surface area contributed by atoms with Gasteiger partial charge in [-0.15, -0.1) is 11.8 Å². The second-order valence-electron chi connectivity index (χ2n) is 7.47. The highest BCUT2D eigenvalue weighted by molar-refractivity contribution is 7.98. The number of benzene rings is 2. The molecular weight excluding hydrogens is 446 g/mol. The van der Waals surface area contributed by atoms with Crippen molar-refractivity contribution in [3.63, 3.8) is 0 Å². The maximum Gasteiger partial charge on any atom is 0.255 e. The molecule has 3 aromatic rings. The van der Waals surface area contributed by atoms with Gasteiger partial charge in [0, 0.05) is 59.7 Å². The molecule has 1 N–H and O–H groups in total. The number of piperazine rings is 1. The van der Waals surface area contributed by atoms with Gasteiger partial charge < -0.3 is 14.8 Å². The molecule has 0 saturated carbocycles. The zero-order valence-corrected chi connectivity index (χ0v) is 18.9. The monoisotopic (exact) mass is 467 g/mol. The van der Waals surface area contributed by atoms with E-state index < -0.39 is 0 Å². The SMILES string of the molecule is O=C(c1ccc(CSc2ccc(Cl)cc2)cc1)N1CCN(C(=O)c2ccc(=O)[nH]c2)CC1. The van der Waals surface area contributed by atoms with Crippen LogP contribution in [0.3, 0.4) is 0 Å². The Labute approximate surface area is 195 Å². The average Bonchev–Trinajstić information content (AvgIpc) is 2.84. The minimum absolute atomic E-state index is 0.0296. The van der Waals surface area contributed by atoms with E-state index in [4.69, 9.17) is 11.6 Å². The van der Waals surface area contributed by atoms with E-state index in [9.17, 15) is 14.4 Å². The summed E-state index contributed by atoms with van der Waals surface area (Å²) in [5.74, 6) is 0.635. The van der Waals surface area contributed by atoms with E-state index in [2.05, 4.69) is 4.98 Å². The van der Waals surface area contributed by atoms with Crippen molar-refractivity contribution in [2.45, 2.75) is 10.6 Å². The fraction of sp³-hybridized carbons (Fsp3) is 0.208. The summed E-state index contributed by atoms with van der Waals surface area (Å²) in [4.78, 5) is 43.8. The molecule has 1 saturated heterocycles. The molecule has 0 atom stereocenters. The minimum Gasteiger partial charge on any atom is -0.335 e. The van der Waals surface area contributed by atoms with Crippen molar-refractivity contribution in [2.75, 3.05) is 26.2 Å². The van der Waals surface area contributed by atoms with Crippen LogP contribution in [0, 0.1) is 0 Å². The lowest BCUT2D eigenvalue weighted by atomic mass is 10.1. The molecule has 4 rings (SSSR count). The van der Waals surface area contributed by atoms with Crippen LogP contribution in [0.5, 0.6) is 0 Å². The third-order valence-corrected chi connectivity index (χ3v) is 6.64. The van der Waals surface area contributed by atoms with Gasteiger partial charge in [-0.05, 0) is 48.0 Å². The van der Waals surface area contributed by atoms with E-state index in [1.165, 1.54) is 18.3 Å². The van der Waals surface area contributed by atoms with Crippen molar-refractivity contribution in [3.8, 4) is 0 Å². The summed E-state index contributed by atoms with van der Waals surface area (Å²) in [6.45, 7) is 1.86. The summed E-state index contributed by atoms with van der Waals surface area (Å²) >= 11 is 7.64. The van der Waals surface area contributed by atoms with Gasteiger partial charge in [-0.25, -0.2) is 0 Å². The molecule has 164 valence electrons. The Hall–Kier alpha value is -3.03. The van der Waals surface area contributed by atoms with Crippen LogP contribution in [0.4, 0.5) is 0 Å². The lowest BCUT2D eigenvalue weighted by molar-refractivity contribution is 0.0535. The van der Waals surface area contributed by atoms with Crippen LogP contribution < -0.4 is 5.56 Å². The molecule has 32 heavy (non-hydrogen) atoms. The zero-order chi connectivity index (χ0) is 22.5. The van der Waals surface area contributed by atoms with Crippen LogP contribution in [-0.2, 0) is 5.75 Å². The Balaban J connectivity index is 1.30. The Kier molecular flexibility index (Phi) is 6.97. The standard InChI is InChI=1S/C24H22ClN3O3S/c25-20-6-8-21(9-7-20)32-16-17-1-3-18(4-2-17)23(30)27-11-13-28(14-12-27)24(31)19-5-10-22(29)26-15-19/h1-10,15H,11-14,16H2,(H,26,29). The summed E-state index contributed by atoms with van der Waals surface area (Å²) in [6, 6.07) is 18.3. The Morgan fingerprint density at radius 2 is 1.38 bits per heavy atom. The molecule has 2 aromatic carbocycles. The summed E-state index contributed by atoms with van der Waals surface area (Å²) in [6.07, 6.45) is 1.43. The number of carbonyl (C=O) groups excluding carboxylic acids is 2. The van der Waals surface area contributed by atoms with Gasteiger partial charge in [-0.3, -0.25) is 14.4 Å². The highest BCUT2D eigenvalue weighted by Crippen LogP contribution is 2.24. The predicted octanol–water partition coefficient (Wildman–Crippen LogP) is 3.92. The first-order chi connectivity index (χ1) is 15.5. The lowest BCUT2D eigenvalue weighted by Gasteiger charge is -2.34.